The molecule has 2 aromatic rings. The molecule has 2 rings (SSSR count). The van der Waals surface area contributed by atoms with Crippen LogP contribution in [0.2, 0.25) is 0 Å². The first-order chi connectivity index (χ1) is 10.1. The summed E-state index contributed by atoms with van der Waals surface area (Å²) in [6, 6.07) is 13.0. The highest BCUT2D eigenvalue weighted by Crippen LogP contribution is 2.33. The molecule has 1 N–H and O–H groups in total. The van der Waals surface area contributed by atoms with Crippen LogP contribution in [0.25, 0.3) is 10.8 Å². The van der Waals surface area contributed by atoms with Gasteiger partial charge in [0, 0.05) is 17.0 Å². The number of hydrogen-bond donors (Lipinski definition) is 1. The molecule has 2 aromatic carbocycles. The molecule has 21 heavy (non-hydrogen) atoms. The van der Waals surface area contributed by atoms with Crippen molar-refractivity contribution >= 4 is 10.8 Å². The summed E-state index contributed by atoms with van der Waals surface area (Å²) in [6.45, 7) is 11.9. The van der Waals surface area contributed by atoms with Crippen LogP contribution in [-0.2, 0) is 0 Å². The fourth-order valence-electron chi connectivity index (χ4n) is 2.43. The van der Waals surface area contributed by atoms with Crippen LogP contribution in [-0.4, -0.2) is 13.2 Å². The maximum absolute atomic E-state index is 6.07. The van der Waals surface area contributed by atoms with Gasteiger partial charge in [0.15, 0.2) is 0 Å². The van der Waals surface area contributed by atoms with Crippen LogP contribution in [0.4, 0.5) is 0 Å². The molecule has 1 unspecified atom stereocenters. The quantitative estimate of drug-likeness (QED) is 0.733. The van der Waals surface area contributed by atoms with Gasteiger partial charge >= 0.3 is 0 Å². The number of ether oxygens (including phenoxy) is 1. The summed E-state index contributed by atoms with van der Waals surface area (Å²) in [6.07, 6.45) is 1.12. The van der Waals surface area contributed by atoms with Gasteiger partial charge in [-0.05, 0) is 37.8 Å². The highest BCUT2D eigenvalue weighted by atomic mass is 16.5. The van der Waals surface area contributed by atoms with Gasteiger partial charge in [0.25, 0.3) is 0 Å². The summed E-state index contributed by atoms with van der Waals surface area (Å²) in [5, 5.41) is 5.92. The molecule has 0 aromatic heterocycles. The van der Waals surface area contributed by atoms with Crippen molar-refractivity contribution in [3.63, 3.8) is 0 Å². The van der Waals surface area contributed by atoms with E-state index in [0.717, 1.165) is 24.3 Å². The van der Waals surface area contributed by atoms with Crippen LogP contribution >= 0.6 is 0 Å². The van der Waals surface area contributed by atoms with E-state index in [9.17, 15) is 0 Å². The Hall–Kier alpha value is -1.80. The van der Waals surface area contributed by atoms with Crippen molar-refractivity contribution in [1.29, 1.82) is 0 Å². The van der Waals surface area contributed by atoms with Crippen molar-refractivity contribution in [3.05, 3.63) is 54.1 Å². The van der Waals surface area contributed by atoms with Gasteiger partial charge in [0.05, 0.1) is 0 Å². The number of hydrogen-bond acceptors (Lipinski definition) is 2. The molecule has 0 saturated heterocycles. The van der Waals surface area contributed by atoms with Gasteiger partial charge in [0.2, 0.25) is 0 Å². The molecule has 0 saturated carbocycles. The smallest absolute Gasteiger partial charge is 0.132 e. The Balaban J connectivity index is 2.42. The summed E-state index contributed by atoms with van der Waals surface area (Å²) in [5.74, 6) is 0.979. The average molecular weight is 283 g/mol. The number of benzene rings is 2. The van der Waals surface area contributed by atoms with Crippen molar-refractivity contribution in [2.24, 2.45) is 0 Å². The lowest BCUT2D eigenvalue weighted by molar-refractivity contribution is 0.348. The minimum absolute atomic E-state index is 0.273. The molecule has 0 bridgehead atoms. The van der Waals surface area contributed by atoms with E-state index in [1.54, 1.807) is 0 Å². The zero-order chi connectivity index (χ0) is 15.2. The van der Waals surface area contributed by atoms with Gasteiger partial charge in [0.1, 0.15) is 12.4 Å². The van der Waals surface area contributed by atoms with E-state index >= 15 is 0 Å². The summed E-state index contributed by atoms with van der Waals surface area (Å²) < 4.78 is 6.07. The van der Waals surface area contributed by atoms with Gasteiger partial charge in [-0.25, -0.2) is 0 Å². The molecule has 0 aliphatic heterocycles. The zero-order valence-electron chi connectivity index (χ0n) is 13.3. The lowest BCUT2D eigenvalue weighted by Gasteiger charge is -2.20. The molecule has 0 heterocycles. The third-order valence-corrected chi connectivity index (χ3v) is 3.54. The zero-order valence-corrected chi connectivity index (χ0v) is 13.3. The van der Waals surface area contributed by atoms with Gasteiger partial charge in [-0.2, -0.15) is 0 Å². The predicted molar refractivity (Wildman–Crippen MR) is 91.0 cm³/mol. The third-order valence-electron chi connectivity index (χ3n) is 3.54. The lowest BCUT2D eigenvalue weighted by Crippen LogP contribution is -2.20. The van der Waals surface area contributed by atoms with E-state index < -0.39 is 0 Å². The fourth-order valence-corrected chi connectivity index (χ4v) is 2.43. The van der Waals surface area contributed by atoms with Crippen molar-refractivity contribution in [3.8, 4) is 5.75 Å². The second kappa shape index (κ2) is 7.28. The predicted octanol–water partition coefficient (Wildman–Crippen LogP) is 4.86. The first kappa shape index (κ1) is 15.6. The molecular weight excluding hydrogens is 258 g/mol. The molecule has 0 spiro atoms. The molecule has 2 nitrogen and oxygen atoms in total. The Morgan fingerprint density at radius 2 is 2.00 bits per heavy atom. The molecule has 0 aliphatic rings. The summed E-state index contributed by atoms with van der Waals surface area (Å²) in [4.78, 5) is 0. The van der Waals surface area contributed by atoms with E-state index in [0.29, 0.717) is 6.61 Å². The number of fused-ring (bicyclic) bond motifs is 1. The van der Waals surface area contributed by atoms with E-state index in [1.165, 1.54) is 16.3 Å². The SMILES string of the molecule is C=C(C)COc1c(C(C)NCCC)ccc2ccccc12. The van der Waals surface area contributed by atoms with E-state index in [2.05, 4.69) is 62.1 Å². The average Bonchev–Trinajstić information content (AvgIpc) is 2.49. The number of nitrogens with one attached hydrogen (secondary N) is 1. The van der Waals surface area contributed by atoms with E-state index in [4.69, 9.17) is 4.74 Å². The molecule has 2 heteroatoms. The van der Waals surface area contributed by atoms with Gasteiger partial charge in [-0.3, -0.25) is 0 Å². The van der Waals surface area contributed by atoms with Crippen molar-refractivity contribution in [2.45, 2.75) is 33.2 Å². The van der Waals surface area contributed by atoms with Crippen LogP contribution in [0.15, 0.2) is 48.6 Å². The second-order valence-electron chi connectivity index (χ2n) is 5.63. The van der Waals surface area contributed by atoms with Crippen LogP contribution in [0, 0.1) is 0 Å². The Kier molecular flexibility index (Phi) is 5.40. The fraction of sp³-hybridized carbons (Fsp3) is 0.368. The summed E-state index contributed by atoms with van der Waals surface area (Å²) >= 11 is 0. The second-order valence-corrected chi connectivity index (χ2v) is 5.63. The topological polar surface area (TPSA) is 21.3 Å². The molecule has 0 aliphatic carbocycles. The van der Waals surface area contributed by atoms with Crippen LogP contribution in [0.3, 0.4) is 0 Å². The molecule has 0 fully saturated rings. The number of rotatable bonds is 7. The maximum Gasteiger partial charge on any atom is 0.132 e. The highest BCUT2D eigenvalue weighted by molar-refractivity contribution is 5.89. The maximum atomic E-state index is 6.07. The van der Waals surface area contributed by atoms with Gasteiger partial charge < -0.3 is 10.1 Å². The third kappa shape index (κ3) is 3.85. The summed E-state index contributed by atoms with van der Waals surface area (Å²) in [5.41, 5.74) is 2.24. The van der Waals surface area contributed by atoms with Crippen molar-refractivity contribution < 1.29 is 4.74 Å². The Labute approximate surface area is 127 Å². The molecule has 0 amide bonds. The molecular formula is C19H25NO. The van der Waals surface area contributed by atoms with Gasteiger partial charge in [-0.15, -0.1) is 0 Å². The Bertz CT molecular complexity index is 618. The minimum Gasteiger partial charge on any atom is -0.488 e. The van der Waals surface area contributed by atoms with Crippen molar-refractivity contribution in [2.75, 3.05) is 13.2 Å². The van der Waals surface area contributed by atoms with E-state index in [1.807, 2.05) is 6.92 Å². The Morgan fingerprint density at radius 3 is 2.71 bits per heavy atom. The summed E-state index contributed by atoms with van der Waals surface area (Å²) in [7, 11) is 0. The van der Waals surface area contributed by atoms with Crippen LogP contribution in [0.5, 0.6) is 5.75 Å². The molecule has 0 radical (unpaired) electrons. The van der Waals surface area contributed by atoms with Gasteiger partial charge in [-0.1, -0.05) is 49.9 Å². The normalized spacial score (nSPS) is 12.3. The first-order valence-corrected chi connectivity index (χ1v) is 7.65. The monoisotopic (exact) mass is 283 g/mol. The van der Waals surface area contributed by atoms with E-state index in [-0.39, 0.29) is 6.04 Å². The lowest BCUT2D eigenvalue weighted by atomic mass is 10.0. The van der Waals surface area contributed by atoms with Crippen molar-refractivity contribution in [1.82, 2.24) is 5.32 Å². The first-order valence-electron chi connectivity index (χ1n) is 7.65. The Morgan fingerprint density at radius 1 is 1.24 bits per heavy atom. The molecule has 112 valence electrons. The molecule has 1 atom stereocenters. The highest BCUT2D eigenvalue weighted by Gasteiger charge is 2.14. The standard InChI is InChI=1S/C19H25NO/c1-5-12-20-15(4)17-11-10-16-8-6-7-9-18(16)19(17)21-13-14(2)3/h6-11,15,20H,2,5,12-13H2,1,3-4H3. The largest absolute Gasteiger partial charge is 0.488 e. The van der Waals surface area contributed by atoms with Crippen LogP contribution in [0.1, 0.15) is 38.8 Å². The minimum atomic E-state index is 0.273. The van der Waals surface area contributed by atoms with Crippen LogP contribution < -0.4 is 10.1 Å².